The Bertz CT molecular complexity index is 621. The van der Waals surface area contributed by atoms with Crippen LogP contribution in [0.3, 0.4) is 0 Å². The number of rotatable bonds is 5. The van der Waals surface area contributed by atoms with Crippen molar-refractivity contribution in [3.05, 3.63) is 65.7 Å². The normalized spacial score (nSPS) is 12.7. The lowest BCUT2D eigenvalue weighted by molar-refractivity contribution is -0.137. The Morgan fingerprint density at radius 3 is 2.14 bits per heavy atom. The molecule has 0 aliphatic heterocycles. The summed E-state index contributed by atoms with van der Waals surface area (Å²) in [5.41, 5.74) is 0.762. The molecule has 1 N–H and O–H groups in total. The molecule has 2 aromatic rings. The summed E-state index contributed by atoms with van der Waals surface area (Å²) in [6, 6.07) is 13.8. The van der Waals surface area contributed by atoms with Crippen LogP contribution in [0.5, 0.6) is 0 Å². The Hall–Kier alpha value is -2.30. The van der Waals surface area contributed by atoms with Crippen LogP contribution in [0.15, 0.2) is 54.6 Å². The molecule has 0 radical (unpaired) electrons. The number of ketones is 1. The lowest BCUT2D eigenvalue weighted by Crippen LogP contribution is -2.14. The van der Waals surface area contributed by atoms with Crippen LogP contribution < -0.4 is 5.32 Å². The van der Waals surface area contributed by atoms with Gasteiger partial charge in [-0.3, -0.25) is 4.79 Å². The number of halogens is 3. The molecule has 1 atom stereocenters. The zero-order chi connectivity index (χ0) is 16.2. The van der Waals surface area contributed by atoms with Gasteiger partial charge < -0.3 is 5.32 Å². The van der Waals surface area contributed by atoms with Gasteiger partial charge >= 0.3 is 6.18 Å². The largest absolute Gasteiger partial charge is 0.416 e. The smallest absolute Gasteiger partial charge is 0.378 e. The standard InChI is InChI=1S/C17H16F3NO/c1-12(22)11-16(21-15-5-3-2-4-6-15)13-7-9-14(10-8-13)17(18,19)20/h2-10,16,21H,11H2,1H3. The second-order valence-corrected chi connectivity index (χ2v) is 5.09. The molecule has 1 unspecified atom stereocenters. The minimum absolute atomic E-state index is 0.0340. The highest BCUT2D eigenvalue weighted by Crippen LogP contribution is 2.31. The molecule has 2 nitrogen and oxygen atoms in total. The third-order valence-corrected chi connectivity index (χ3v) is 3.25. The summed E-state index contributed by atoms with van der Waals surface area (Å²) in [7, 11) is 0. The van der Waals surface area contributed by atoms with Crippen LogP contribution >= 0.6 is 0 Å². The highest BCUT2D eigenvalue weighted by Gasteiger charge is 2.30. The summed E-state index contributed by atoms with van der Waals surface area (Å²) in [6.07, 6.45) is -4.15. The van der Waals surface area contributed by atoms with Crippen LogP contribution in [0.4, 0.5) is 18.9 Å². The summed E-state index contributed by atoms with van der Waals surface area (Å²) in [4.78, 5) is 11.4. The number of alkyl halides is 3. The Morgan fingerprint density at radius 2 is 1.64 bits per heavy atom. The van der Waals surface area contributed by atoms with Gasteiger partial charge in [0.05, 0.1) is 11.6 Å². The fourth-order valence-electron chi connectivity index (χ4n) is 2.18. The van der Waals surface area contributed by atoms with E-state index in [1.807, 2.05) is 30.3 Å². The summed E-state index contributed by atoms with van der Waals surface area (Å²) in [5, 5.41) is 3.18. The van der Waals surface area contributed by atoms with Crippen molar-refractivity contribution >= 4 is 11.5 Å². The topological polar surface area (TPSA) is 29.1 Å². The van der Waals surface area contributed by atoms with Gasteiger partial charge in [0, 0.05) is 12.1 Å². The molecule has 0 aliphatic rings. The van der Waals surface area contributed by atoms with Gasteiger partial charge in [0.15, 0.2) is 0 Å². The van der Waals surface area contributed by atoms with Crippen molar-refractivity contribution in [3.63, 3.8) is 0 Å². The predicted octanol–water partition coefficient (Wildman–Crippen LogP) is 4.84. The van der Waals surface area contributed by atoms with Gasteiger partial charge in [-0.25, -0.2) is 0 Å². The average Bonchev–Trinajstić information content (AvgIpc) is 2.46. The SMILES string of the molecule is CC(=O)CC(Nc1ccccc1)c1ccc(C(F)(F)F)cc1. The molecule has 2 rings (SSSR count). The molecule has 0 amide bonds. The quantitative estimate of drug-likeness (QED) is 0.856. The first-order chi connectivity index (χ1) is 10.4. The maximum Gasteiger partial charge on any atom is 0.416 e. The Balaban J connectivity index is 2.23. The van der Waals surface area contributed by atoms with E-state index in [2.05, 4.69) is 5.32 Å². The number of para-hydroxylation sites is 1. The van der Waals surface area contributed by atoms with Gasteiger partial charge in [-0.05, 0) is 36.8 Å². The Labute approximate surface area is 127 Å². The van der Waals surface area contributed by atoms with Crippen molar-refractivity contribution in [3.8, 4) is 0 Å². The zero-order valence-electron chi connectivity index (χ0n) is 12.0. The van der Waals surface area contributed by atoms with Crippen LogP contribution in [0.2, 0.25) is 0 Å². The number of benzene rings is 2. The first-order valence-corrected chi connectivity index (χ1v) is 6.84. The van der Waals surface area contributed by atoms with Crippen LogP contribution in [0.25, 0.3) is 0 Å². The van der Waals surface area contributed by atoms with E-state index in [1.165, 1.54) is 19.1 Å². The summed E-state index contributed by atoms with van der Waals surface area (Å²) in [6.45, 7) is 1.46. The number of carbonyl (C=O) groups is 1. The van der Waals surface area contributed by atoms with Gasteiger partial charge in [0.25, 0.3) is 0 Å². The second-order valence-electron chi connectivity index (χ2n) is 5.09. The van der Waals surface area contributed by atoms with Crippen LogP contribution in [0, 0.1) is 0 Å². The summed E-state index contributed by atoms with van der Waals surface area (Å²) < 4.78 is 37.8. The van der Waals surface area contributed by atoms with E-state index in [0.717, 1.165) is 17.8 Å². The van der Waals surface area contributed by atoms with E-state index in [1.54, 1.807) is 0 Å². The molecule has 0 saturated carbocycles. The molecule has 0 fully saturated rings. The molecular weight excluding hydrogens is 291 g/mol. The molecule has 5 heteroatoms. The molecule has 0 heterocycles. The van der Waals surface area contributed by atoms with Crippen molar-refractivity contribution in [1.82, 2.24) is 0 Å². The van der Waals surface area contributed by atoms with Crippen molar-refractivity contribution in [2.45, 2.75) is 25.6 Å². The van der Waals surface area contributed by atoms with E-state index in [4.69, 9.17) is 0 Å². The van der Waals surface area contributed by atoms with Crippen molar-refractivity contribution < 1.29 is 18.0 Å². The molecular formula is C17H16F3NO. The van der Waals surface area contributed by atoms with Crippen LogP contribution in [-0.2, 0) is 11.0 Å². The molecule has 22 heavy (non-hydrogen) atoms. The fraction of sp³-hybridized carbons (Fsp3) is 0.235. The molecule has 0 spiro atoms. The maximum absolute atomic E-state index is 12.6. The number of nitrogens with one attached hydrogen (secondary N) is 1. The number of hydrogen-bond acceptors (Lipinski definition) is 2. The minimum Gasteiger partial charge on any atom is -0.378 e. The first-order valence-electron chi connectivity index (χ1n) is 6.84. The average molecular weight is 307 g/mol. The fourth-order valence-corrected chi connectivity index (χ4v) is 2.18. The third kappa shape index (κ3) is 4.35. The number of anilines is 1. The Kier molecular flexibility index (Phi) is 4.85. The van der Waals surface area contributed by atoms with Gasteiger partial charge in [-0.1, -0.05) is 30.3 Å². The molecule has 2 aromatic carbocycles. The van der Waals surface area contributed by atoms with E-state index < -0.39 is 11.7 Å². The molecule has 0 bridgehead atoms. The molecule has 0 saturated heterocycles. The second kappa shape index (κ2) is 6.64. The van der Waals surface area contributed by atoms with Gasteiger partial charge in [-0.15, -0.1) is 0 Å². The zero-order valence-corrected chi connectivity index (χ0v) is 12.0. The van der Waals surface area contributed by atoms with Crippen molar-refractivity contribution in [2.24, 2.45) is 0 Å². The van der Waals surface area contributed by atoms with Gasteiger partial charge in [0.2, 0.25) is 0 Å². The van der Waals surface area contributed by atoms with E-state index in [-0.39, 0.29) is 18.2 Å². The maximum atomic E-state index is 12.6. The number of Topliss-reactive ketones (excluding diaryl/α,β-unsaturated/α-hetero) is 1. The van der Waals surface area contributed by atoms with Crippen molar-refractivity contribution in [1.29, 1.82) is 0 Å². The lowest BCUT2D eigenvalue weighted by atomic mass is 10.00. The van der Waals surface area contributed by atoms with E-state index in [9.17, 15) is 18.0 Å². The third-order valence-electron chi connectivity index (χ3n) is 3.25. The predicted molar refractivity (Wildman–Crippen MR) is 79.5 cm³/mol. The molecule has 0 aliphatic carbocycles. The molecule has 0 aromatic heterocycles. The van der Waals surface area contributed by atoms with Gasteiger partial charge in [-0.2, -0.15) is 13.2 Å². The number of carbonyl (C=O) groups excluding carboxylic acids is 1. The van der Waals surface area contributed by atoms with Crippen LogP contribution in [0.1, 0.15) is 30.5 Å². The van der Waals surface area contributed by atoms with Crippen molar-refractivity contribution in [2.75, 3.05) is 5.32 Å². The lowest BCUT2D eigenvalue weighted by Gasteiger charge is -2.20. The van der Waals surface area contributed by atoms with E-state index in [0.29, 0.717) is 5.56 Å². The highest BCUT2D eigenvalue weighted by molar-refractivity contribution is 5.77. The first kappa shape index (κ1) is 16.1. The molecule has 116 valence electrons. The number of hydrogen-bond donors (Lipinski definition) is 1. The summed E-state index contributed by atoms with van der Waals surface area (Å²) in [5.74, 6) is -0.0340. The van der Waals surface area contributed by atoms with Gasteiger partial charge in [0.1, 0.15) is 5.78 Å². The van der Waals surface area contributed by atoms with E-state index >= 15 is 0 Å². The monoisotopic (exact) mass is 307 g/mol. The van der Waals surface area contributed by atoms with Crippen LogP contribution in [-0.4, -0.2) is 5.78 Å². The highest BCUT2D eigenvalue weighted by atomic mass is 19.4. The minimum atomic E-state index is -4.36. The Morgan fingerprint density at radius 1 is 1.05 bits per heavy atom. The summed E-state index contributed by atoms with van der Waals surface area (Å²) >= 11 is 0.